The number of nitrogens with zero attached hydrogens (tertiary/aromatic N) is 1. The fraction of sp³-hybridized carbons (Fsp3) is 0.421. The number of benzene rings is 1. The fourth-order valence-corrected chi connectivity index (χ4v) is 3.29. The van der Waals surface area contributed by atoms with Gasteiger partial charge in [-0.2, -0.15) is 0 Å². The summed E-state index contributed by atoms with van der Waals surface area (Å²) in [5.41, 5.74) is 0.974. The first kappa shape index (κ1) is 20.8. The number of hydrogen-bond acceptors (Lipinski definition) is 4. The molecule has 1 aromatic heterocycles. The summed E-state index contributed by atoms with van der Waals surface area (Å²) in [6.45, 7) is 6.27. The third-order valence-corrected chi connectivity index (χ3v) is 4.99. The molecule has 2 amide bonds. The molecule has 0 radical (unpaired) electrons. The molecule has 0 fully saturated rings. The SMILES string of the molecule is CC(C)(C)C(Cc1nc(C(=O)NCCc2ccc(F)cc2)cs1)NC(=O)O. The maximum absolute atomic E-state index is 12.9. The predicted octanol–water partition coefficient (Wildman–Crippen LogP) is 3.48. The number of nitrogens with one attached hydrogen (secondary N) is 2. The second kappa shape index (κ2) is 8.94. The van der Waals surface area contributed by atoms with E-state index >= 15 is 0 Å². The molecule has 0 aliphatic carbocycles. The number of carboxylic acid groups (broad SMARTS) is 1. The van der Waals surface area contributed by atoms with Crippen LogP contribution in [-0.4, -0.2) is 34.7 Å². The molecule has 1 heterocycles. The lowest BCUT2D eigenvalue weighted by molar-refractivity contribution is 0.0949. The summed E-state index contributed by atoms with van der Waals surface area (Å²) >= 11 is 1.33. The van der Waals surface area contributed by atoms with Crippen LogP contribution in [0.3, 0.4) is 0 Å². The van der Waals surface area contributed by atoms with Crippen LogP contribution in [0.2, 0.25) is 0 Å². The van der Waals surface area contributed by atoms with Crippen molar-refractivity contribution in [3.05, 3.63) is 51.7 Å². The lowest BCUT2D eigenvalue weighted by Gasteiger charge is -2.29. The van der Waals surface area contributed by atoms with Crippen molar-refractivity contribution < 1.29 is 19.1 Å². The van der Waals surface area contributed by atoms with Gasteiger partial charge in [-0.15, -0.1) is 11.3 Å². The Morgan fingerprint density at radius 3 is 2.52 bits per heavy atom. The van der Waals surface area contributed by atoms with Crippen molar-refractivity contribution >= 4 is 23.3 Å². The Bertz CT molecular complexity index is 784. The largest absolute Gasteiger partial charge is 0.465 e. The molecule has 1 aromatic carbocycles. The maximum atomic E-state index is 12.9. The van der Waals surface area contributed by atoms with E-state index in [1.54, 1.807) is 17.5 Å². The van der Waals surface area contributed by atoms with Crippen LogP contribution in [0.15, 0.2) is 29.6 Å². The molecule has 0 spiro atoms. The smallest absolute Gasteiger partial charge is 0.404 e. The molecule has 27 heavy (non-hydrogen) atoms. The maximum Gasteiger partial charge on any atom is 0.404 e. The first-order valence-corrected chi connectivity index (χ1v) is 9.49. The molecule has 0 aliphatic rings. The van der Waals surface area contributed by atoms with Crippen LogP contribution in [0, 0.1) is 11.2 Å². The molecule has 0 aliphatic heterocycles. The summed E-state index contributed by atoms with van der Waals surface area (Å²) in [6, 6.07) is 5.84. The fourth-order valence-electron chi connectivity index (χ4n) is 2.47. The molecule has 2 aromatic rings. The summed E-state index contributed by atoms with van der Waals surface area (Å²) in [7, 11) is 0. The Morgan fingerprint density at radius 2 is 1.93 bits per heavy atom. The van der Waals surface area contributed by atoms with Gasteiger partial charge in [-0.05, 0) is 29.5 Å². The van der Waals surface area contributed by atoms with E-state index in [4.69, 9.17) is 5.11 Å². The summed E-state index contributed by atoms with van der Waals surface area (Å²) in [6.07, 6.45) is -0.0636. The molecule has 0 saturated heterocycles. The Labute approximate surface area is 161 Å². The first-order chi connectivity index (χ1) is 12.6. The average Bonchev–Trinajstić information content (AvgIpc) is 3.03. The molecule has 6 nitrogen and oxygen atoms in total. The number of carbonyl (C=O) groups excluding carboxylic acids is 1. The van der Waals surface area contributed by atoms with E-state index in [0.717, 1.165) is 5.56 Å². The molecule has 2 rings (SSSR count). The van der Waals surface area contributed by atoms with Crippen molar-refractivity contribution in [2.75, 3.05) is 6.54 Å². The summed E-state index contributed by atoms with van der Waals surface area (Å²) in [5, 5.41) is 16.7. The second-order valence-electron chi connectivity index (χ2n) is 7.33. The van der Waals surface area contributed by atoms with Gasteiger partial charge in [-0.25, -0.2) is 14.2 Å². The van der Waals surface area contributed by atoms with E-state index in [0.29, 0.717) is 30.1 Å². The predicted molar refractivity (Wildman–Crippen MR) is 103 cm³/mol. The van der Waals surface area contributed by atoms with Gasteiger partial charge in [0.1, 0.15) is 11.5 Å². The van der Waals surface area contributed by atoms with Gasteiger partial charge in [0.05, 0.1) is 5.01 Å². The zero-order chi connectivity index (χ0) is 20.0. The molecule has 146 valence electrons. The van der Waals surface area contributed by atoms with Crippen molar-refractivity contribution in [2.24, 2.45) is 5.41 Å². The van der Waals surface area contributed by atoms with Gasteiger partial charge in [0.2, 0.25) is 0 Å². The van der Waals surface area contributed by atoms with E-state index in [2.05, 4.69) is 15.6 Å². The number of aromatic nitrogens is 1. The number of halogens is 1. The third kappa shape index (κ3) is 6.63. The van der Waals surface area contributed by atoms with Gasteiger partial charge in [0.15, 0.2) is 0 Å². The van der Waals surface area contributed by atoms with E-state index in [9.17, 15) is 14.0 Å². The van der Waals surface area contributed by atoms with Gasteiger partial charge in [-0.3, -0.25) is 4.79 Å². The number of amides is 2. The molecule has 0 bridgehead atoms. The number of rotatable bonds is 7. The van der Waals surface area contributed by atoms with Crippen molar-refractivity contribution in [3.8, 4) is 0 Å². The molecule has 1 unspecified atom stereocenters. The van der Waals surface area contributed by atoms with Crippen molar-refractivity contribution in [1.29, 1.82) is 0 Å². The normalized spacial score (nSPS) is 12.4. The standard InChI is InChI=1S/C19H24FN3O3S/c1-19(2,3)15(23-18(25)26)10-16-22-14(11-27-16)17(24)21-9-8-12-4-6-13(20)7-5-12/h4-7,11,15,23H,8-10H2,1-3H3,(H,21,24)(H,25,26). The number of thiazole rings is 1. The summed E-state index contributed by atoms with van der Waals surface area (Å²) in [4.78, 5) is 27.6. The minimum Gasteiger partial charge on any atom is -0.465 e. The van der Waals surface area contributed by atoms with Gasteiger partial charge in [0.25, 0.3) is 5.91 Å². The second-order valence-corrected chi connectivity index (χ2v) is 8.27. The van der Waals surface area contributed by atoms with Crippen LogP contribution >= 0.6 is 11.3 Å². The van der Waals surface area contributed by atoms with Crippen LogP contribution in [-0.2, 0) is 12.8 Å². The zero-order valence-corrected chi connectivity index (χ0v) is 16.4. The quantitative estimate of drug-likeness (QED) is 0.672. The molecule has 3 N–H and O–H groups in total. The highest BCUT2D eigenvalue weighted by molar-refractivity contribution is 7.09. The monoisotopic (exact) mass is 393 g/mol. The Hall–Kier alpha value is -2.48. The lowest BCUT2D eigenvalue weighted by atomic mass is 9.85. The molecule has 0 saturated carbocycles. The Balaban J connectivity index is 1.90. The first-order valence-electron chi connectivity index (χ1n) is 8.61. The van der Waals surface area contributed by atoms with Crippen molar-refractivity contribution in [1.82, 2.24) is 15.6 Å². The highest BCUT2D eigenvalue weighted by atomic mass is 32.1. The highest BCUT2D eigenvalue weighted by Crippen LogP contribution is 2.24. The molecule has 8 heteroatoms. The third-order valence-electron chi connectivity index (χ3n) is 4.12. The van der Waals surface area contributed by atoms with E-state index in [1.165, 1.54) is 23.5 Å². The average molecular weight is 393 g/mol. The van der Waals surface area contributed by atoms with Crippen LogP contribution in [0.4, 0.5) is 9.18 Å². The van der Waals surface area contributed by atoms with Crippen molar-refractivity contribution in [2.45, 2.75) is 39.7 Å². The minimum absolute atomic E-state index is 0.276. The number of carbonyl (C=O) groups is 2. The summed E-state index contributed by atoms with van der Waals surface area (Å²) < 4.78 is 12.9. The van der Waals surface area contributed by atoms with Gasteiger partial charge >= 0.3 is 6.09 Å². The van der Waals surface area contributed by atoms with Gasteiger partial charge in [-0.1, -0.05) is 32.9 Å². The zero-order valence-electron chi connectivity index (χ0n) is 15.6. The number of hydrogen-bond donors (Lipinski definition) is 3. The Kier molecular flexibility index (Phi) is 6.90. The lowest BCUT2D eigenvalue weighted by Crippen LogP contribution is -2.44. The highest BCUT2D eigenvalue weighted by Gasteiger charge is 2.27. The molecular formula is C19H24FN3O3S. The van der Waals surface area contributed by atoms with Crippen LogP contribution in [0.25, 0.3) is 0 Å². The van der Waals surface area contributed by atoms with Gasteiger partial charge in [0, 0.05) is 24.4 Å². The Morgan fingerprint density at radius 1 is 1.26 bits per heavy atom. The van der Waals surface area contributed by atoms with Crippen molar-refractivity contribution in [3.63, 3.8) is 0 Å². The van der Waals surface area contributed by atoms with E-state index < -0.39 is 6.09 Å². The van der Waals surface area contributed by atoms with E-state index in [1.807, 2.05) is 20.8 Å². The van der Waals surface area contributed by atoms with E-state index in [-0.39, 0.29) is 23.2 Å². The van der Waals surface area contributed by atoms with Crippen LogP contribution in [0.1, 0.15) is 41.8 Å². The summed E-state index contributed by atoms with van der Waals surface area (Å²) in [5.74, 6) is -0.568. The molecular weight excluding hydrogens is 369 g/mol. The van der Waals surface area contributed by atoms with Gasteiger partial charge < -0.3 is 15.7 Å². The van der Waals surface area contributed by atoms with Crippen LogP contribution in [0.5, 0.6) is 0 Å². The van der Waals surface area contributed by atoms with Crippen LogP contribution < -0.4 is 10.6 Å². The molecule has 1 atom stereocenters. The topological polar surface area (TPSA) is 91.3 Å². The minimum atomic E-state index is -1.08.